The second-order valence-electron chi connectivity index (χ2n) is 4.38. The summed E-state index contributed by atoms with van der Waals surface area (Å²) in [6.07, 6.45) is 2.93. The summed E-state index contributed by atoms with van der Waals surface area (Å²) in [6.45, 7) is 8.29. The van der Waals surface area contributed by atoms with Crippen LogP contribution in [0.3, 0.4) is 0 Å². The van der Waals surface area contributed by atoms with Crippen LogP contribution in [0.5, 0.6) is 0 Å². The van der Waals surface area contributed by atoms with Gasteiger partial charge in [0, 0.05) is 31.9 Å². The molecule has 1 aromatic heterocycles. The van der Waals surface area contributed by atoms with E-state index in [1.54, 1.807) is 0 Å². The zero-order chi connectivity index (χ0) is 12.0. The van der Waals surface area contributed by atoms with Gasteiger partial charge in [-0.2, -0.15) is 5.10 Å². The maximum atomic E-state index is 9.04. The zero-order valence-corrected chi connectivity index (χ0v) is 10.5. The molecule has 0 bridgehead atoms. The van der Waals surface area contributed by atoms with Gasteiger partial charge in [0.2, 0.25) is 0 Å². The van der Waals surface area contributed by atoms with Gasteiger partial charge in [-0.25, -0.2) is 0 Å². The number of nitrogens with one attached hydrogen (secondary N) is 1. The lowest BCUT2D eigenvalue weighted by Crippen LogP contribution is -2.34. The number of aryl methyl sites for hydroxylation is 1. The van der Waals surface area contributed by atoms with Gasteiger partial charge in [0.05, 0.1) is 5.69 Å². The Morgan fingerprint density at radius 3 is 2.88 bits per heavy atom. The van der Waals surface area contributed by atoms with E-state index >= 15 is 0 Å². The SMILES string of the molecule is CCCn1nccc1CNC(C)C(C)CO. The Hall–Kier alpha value is -0.870. The molecule has 1 aromatic rings. The minimum atomic E-state index is 0.225. The largest absolute Gasteiger partial charge is 0.396 e. The summed E-state index contributed by atoms with van der Waals surface area (Å²) < 4.78 is 2.03. The fourth-order valence-electron chi connectivity index (χ4n) is 1.55. The number of aromatic nitrogens is 2. The normalized spacial score (nSPS) is 15.0. The summed E-state index contributed by atoms with van der Waals surface area (Å²) in [6, 6.07) is 2.36. The summed E-state index contributed by atoms with van der Waals surface area (Å²) in [5, 5.41) is 16.7. The van der Waals surface area contributed by atoms with Crippen LogP contribution in [0.2, 0.25) is 0 Å². The van der Waals surface area contributed by atoms with E-state index in [1.807, 2.05) is 23.9 Å². The lowest BCUT2D eigenvalue weighted by Gasteiger charge is -2.19. The van der Waals surface area contributed by atoms with E-state index in [0.29, 0.717) is 6.04 Å². The van der Waals surface area contributed by atoms with Gasteiger partial charge in [0.15, 0.2) is 0 Å². The molecule has 0 fully saturated rings. The molecule has 4 nitrogen and oxygen atoms in total. The molecule has 0 amide bonds. The molecular weight excluding hydrogens is 202 g/mol. The Labute approximate surface area is 97.7 Å². The van der Waals surface area contributed by atoms with Gasteiger partial charge < -0.3 is 10.4 Å². The first-order chi connectivity index (χ1) is 7.69. The standard InChI is InChI=1S/C12H23N3O/c1-4-7-15-12(5-6-14-15)8-13-11(3)10(2)9-16/h5-6,10-11,13,16H,4,7-9H2,1-3H3. The molecule has 0 aliphatic rings. The Bertz CT molecular complexity index is 298. The predicted molar refractivity (Wildman–Crippen MR) is 65.1 cm³/mol. The fourth-order valence-corrected chi connectivity index (χ4v) is 1.55. The first-order valence-electron chi connectivity index (χ1n) is 6.04. The molecule has 2 N–H and O–H groups in total. The van der Waals surface area contributed by atoms with Gasteiger partial charge in [-0.1, -0.05) is 13.8 Å². The third-order valence-electron chi connectivity index (χ3n) is 2.99. The van der Waals surface area contributed by atoms with Crippen LogP contribution in [0, 0.1) is 5.92 Å². The molecule has 92 valence electrons. The smallest absolute Gasteiger partial charge is 0.0522 e. The highest BCUT2D eigenvalue weighted by molar-refractivity contribution is 5.00. The topological polar surface area (TPSA) is 50.1 Å². The molecular formula is C12H23N3O. The van der Waals surface area contributed by atoms with Gasteiger partial charge >= 0.3 is 0 Å². The number of hydrogen-bond donors (Lipinski definition) is 2. The molecule has 0 saturated carbocycles. The first-order valence-corrected chi connectivity index (χ1v) is 6.04. The van der Waals surface area contributed by atoms with Crippen molar-refractivity contribution in [2.75, 3.05) is 6.61 Å². The molecule has 4 heteroatoms. The highest BCUT2D eigenvalue weighted by Gasteiger charge is 2.11. The predicted octanol–water partition coefficient (Wildman–Crippen LogP) is 1.40. The average Bonchev–Trinajstić information content (AvgIpc) is 2.73. The lowest BCUT2D eigenvalue weighted by molar-refractivity contribution is 0.206. The Morgan fingerprint density at radius 2 is 2.25 bits per heavy atom. The quantitative estimate of drug-likeness (QED) is 0.737. The van der Waals surface area contributed by atoms with Crippen LogP contribution in [-0.4, -0.2) is 27.5 Å². The molecule has 0 spiro atoms. The number of aliphatic hydroxyl groups excluding tert-OH is 1. The molecule has 0 aliphatic heterocycles. The van der Waals surface area contributed by atoms with Crippen LogP contribution in [0.1, 0.15) is 32.9 Å². The first kappa shape index (κ1) is 13.2. The molecule has 2 unspecified atom stereocenters. The second kappa shape index (κ2) is 6.66. The van der Waals surface area contributed by atoms with Crippen molar-refractivity contribution in [3.05, 3.63) is 18.0 Å². The van der Waals surface area contributed by atoms with Gasteiger partial charge in [-0.15, -0.1) is 0 Å². The van der Waals surface area contributed by atoms with Crippen molar-refractivity contribution in [1.29, 1.82) is 0 Å². The molecule has 1 heterocycles. The molecule has 2 atom stereocenters. The Balaban J connectivity index is 2.44. The number of hydrogen-bond acceptors (Lipinski definition) is 3. The van der Waals surface area contributed by atoms with E-state index in [0.717, 1.165) is 19.5 Å². The van der Waals surface area contributed by atoms with E-state index in [-0.39, 0.29) is 12.5 Å². The molecule has 0 radical (unpaired) electrons. The van der Waals surface area contributed by atoms with E-state index in [4.69, 9.17) is 5.11 Å². The third-order valence-corrected chi connectivity index (χ3v) is 2.99. The Kier molecular flexibility index (Phi) is 5.49. The number of nitrogens with zero attached hydrogens (tertiary/aromatic N) is 2. The van der Waals surface area contributed by atoms with Crippen molar-refractivity contribution >= 4 is 0 Å². The van der Waals surface area contributed by atoms with Crippen molar-refractivity contribution in [3.8, 4) is 0 Å². The van der Waals surface area contributed by atoms with E-state index in [9.17, 15) is 0 Å². The van der Waals surface area contributed by atoms with Gasteiger partial charge in [0.1, 0.15) is 0 Å². The Morgan fingerprint density at radius 1 is 1.50 bits per heavy atom. The van der Waals surface area contributed by atoms with E-state index in [2.05, 4.69) is 24.3 Å². The zero-order valence-electron chi connectivity index (χ0n) is 10.5. The summed E-state index contributed by atoms with van der Waals surface area (Å²) in [5.41, 5.74) is 1.21. The van der Waals surface area contributed by atoms with Crippen LogP contribution in [-0.2, 0) is 13.1 Å². The maximum absolute atomic E-state index is 9.04. The van der Waals surface area contributed by atoms with E-state index < -0.39 is 0 Å². The van der Waals surface area contributed by atoms with Crippen LogP contribution < -0.4 is 5.32 Å². The van der Waals surface area contributed by atoms with Crippen LogP contribution in [0.4, 0.5) is 0 Å². The number of aliphatic hydroxyl groups is 1. The summed E-state index contributed by atoms with van der Waals surface area (Å²) in [7, 11) is 0. The van der Waals surface area contributed by atoms with E-state index in [1.165, 1.54) is 5.69 Å². The molecule has 0 aliphatic carbocycles. The van der Waals surface area contributed by atoms with Crippen molar-refractivity contribution in [3.63, 3.8) is 0 Å². The van der Waals surface area contributed by atoms with Crippen LogP contribution in [0.15, 0.2) is 12.3 Å². The van der Waals surface area contributed by atoms with Crippen molar-refractivity contribution < 1.29 is 5.11 Å². The van der Waals surface area contributed by atoms with Gasteiger partial charge in [0.25, 0.3) is 0 Å². The summed E-state index contributed by atoms with van der Waals surface area (Å²) in [5.74, 6) is 0.280. The van der Waals surface area contributed by atoms with Crippen molar-refractivity contribution in [2.45, 2.75) is 46.3 Å². The van der Waals surface area contributed by atoms with Crippen molar-refractivity contribution in [2.24, 2.45) is 5.92 Å². The molecule has 0 aromatic carbocycles. The highest BCUT2D eigenvalue weighted by atomic mass is 16.3. The highest BCUT2D eigenvalue weighted by Crippen LogP contribution is 2.04. The molecule has 1 rings (SSSR count). The lowest BCUT2D eigenvalue weighted by atomic mass is 10.1. The summed E-state index contributed by atoms with van der Waals surface area (Å²) in [4.78, 5) is 0. The van der Waals surface area contributed by atoms with Crippen LogP contribution >= 0.6 is 0 Å². The fraction of sp³-hybridized carbons (Fsp3) is 0.750. The maximum Gasteiger partial charge on any atom is 0.0522 e. The van der Waals surface area contributed by atoms with Crippen LogP contribution in [0.25, 0.3) is 0 Å². The van der Waals surface area contributed by atoms with Crippen molar-refractivity contribution in [1.82, 2.24) is 15.1 Å². The molecule has 0 saturated heterocycles. The second-order valence-corrected chi connectivity index (χ2v) is 4.38. The minimum Gasteiger partial charge on any atom is -0.396 e. The average molecular weight is 225 g/mol. The van der Waals surface area contributed by atoms with Gasteiger partial charge in [-0.05, 0) is 25.3 Å². The number of rotatable bonds is 7. The molecule has 16 heavy (non-hydrogen) atoms. The minimum absolute atomic E-state index is 0.225. The third kappa shape index (κ3) is 3.61. The summed E-state index contributed by atoms with van der Waals surface area (Å²) >= 11 is 0. The van der Waals surface area contributed by atoms with Gasteiger partial charge in [-0.3, -0.25) is 4.68 Å². The monoisotopic (exact) mass is 225 g/mol.